The third kappa shape index (κ3) is 4.26. The normalized spacial score (nSPS) is 11.4. The SMILES string of the molecule is O=C(C=CC=CCSc1ccc2ccccc2c1)NO. The minimum Gasteiger partial charge on any atom is -0.288 e. The van der Waals surface area contributed by atoms with E-state index in [-0.39, 0.29) is 0 Å². The van der Waals surface area contributed by atoms with Crippen LogP contribution in [0.4, 0.5) is 0 Å². The third-order valence-corrected chi connectivity index (χ3v) is 3.62. The number of hydroxylamine groups is 1. The number of carbonyl (C=O) groups is 1. The van der Waals surface area contributed by atoms with Gasteiger partial charge in [0.2, 0.25) is 0 Å². The zero-order chi connectivity index (χ0) is 14.2. The Labute approximate surface area is 122 Å². The molecule has 0 spiro atoms. The highest BCUT2D eigenvalue weighted by Gasteiger charge is 1.95. The average molecular weight is 285 g/mol. The van der Waals surface area contributed by atoms with Gasteiger partial charge in [0.25, 0.3) is 5.91 Å². The first-order valence-electron chi connectivity index (χ1n) is 6.18. The van der Waals surface area contributed by atoms with Crippen LogP contribution in [-0.2, 0) is 4.79 Å². The summed E-state index contributed by atoms with van der Waals surface area (Å²) in [4.78, 5) is 11.9. The number of hydrogen-bond donors (Lipinski definition) is 2. The van der Waals surface area contributed by atoms with Gasteiger partial charge in [-0.2, -0.15) is 0 Å². The van der Waals surface area contributed by atoms with E-state index in [1.54, 1.807) is 23.9 Å². The Bertz CT molecular complexity index is 650. The Morgan fingerprint density at radius 3 is 2.75 bits per heavy atom. The molecule has 2 aromatic carbocycles. The first-order chi connectivity index (χ1) is 9.79. The molecule has 0 aliphatic carbocycles. The van der Waals surface area contributed by atoms with E-state index in [1.165, 1.54) is 27.2 Å². The van der Waals surface area contributed by atoms with E-state index in [0.29, 0.717) is 0 Å². The van der Waals surface area contributed by atoms with Crippen molar-refractivity contribution in [3.05, 3.63) is 66.8 Å². The fraction of sp³-hybridized carbons (Fsp3) is 0.0625. The molecule has 0 saturated heterocycles. The van der Waals surface area contributed by atoms with Gasteiger partial charge >= 0.3 is 0 Å². The fourth-order valence-corrected chi connectivity index (χ4v) is 2.49. The van der Waals surface area contributed by atoms with Gasteiger partial charge in [-0.3, -0.25) is 10.0 Å². The van der Waals surface area contributed by atoms with Crippen LogP contribution in [0.1, 0.15) is 0 Å². The molecule has 0 aromatic heterocycles. The van der Waals surface area contributed by atoms with Gasteiger partial charge in [0.1, 0.15) is 0 Å². The van der Waals surface area contributed by atoms with Crippen LogP contribution in [0.3, 0.4) is 0 Å². The Kier molecular flexibility index (Phi) is 5.41. The van der Waals surface area contributed by atoms with Crippen molar-refractivity contribution in [2.45, 2.75) is 4.90 Å². The van der Waals surface area contributed by atoms with E-state index in [4.69, 9.17) is 5.21 Å². The molecule has 1 amide bonds. The van der Waals surface area contributed by atoms with Crippen molar-refractivity contribution in [1.29, 1.82) is 0 Å². The van der Waals surface area contributed by atoms with Gasteiger partial charge in [-0.05, 0) is 22.9 Å². The maximum absolute atomic E-state index is 10.7. The molecular formula is C16H15NO2S. The molecule has 4 heteroatoms. The lowest BCUT2D eigenvalue weighted by Gasteiger charge is -2.01. The molecule has 0 aliphatic heterocycles. The zero-order valence-corrected chi connectivity index (χ0v) is 11.6. The molecule has 2 aromatic rings. The number of nitrogens with one attached hydrogen (secondary N) is 1. The first kappa shape index (κ1) is 14.4. The van der Waals surface area contributed by atoms with Crippen molar-refractivity contribution in [3.8, 4) is 0 Å². The van der Waals surface area contributed by atoms with Gasteiger partial charge in [-0.25, -0.2) is 5.48 Å². The Morgan fingerprint density at radius 2 is 1.95 bits per heavy atom. The van der Waals surface area contributed by atoms with Gasteiger partial charge in [0.05, 0.1) is 0 Å². The summed E-state index contributed by atoms with van der Waals surface area (Å²) in [5, 5.41) is 10.8. The number of fused-ring (bicyclic) bond motifs is 1. The summed E-state index contributed by atoms with van der Waals surface area (Å²) < 4.78 is 0. The monoisotopic (exact) mass is 285 g/mol. The minimum atomic E-state index is -0.531. The second-order valence-electron chi connectivity index (χ2n) is 4.08. The predicted octanol–water partition coefficient (Wildman–Crippen LogP) is 3.55. The number of hydrogen-bond acceptors (Lipinski definition) is 3. The Morgan fingerprint density at radius 1 is 1.15 bits per heavy atom. The number of carbonyl (C=O) groups excluding carboxylic acids is 1. The topological polar surface area (TPSA) is 49.3 Å². The second kappa shape index (κ2) is 7.53. The van der Waals surface area contributed by atoms with Crippen molar-refractivity contribution >= 4 is 28.4 Å². The van der Waals surface area contributed by atoms with Crippen molar-refractivity contribution < 1.29 is 10.0 Å². The van der Waals surface area contributed by atoms with Crippen molar-refractivity contribution in [2.24, 2.45) is 0 Å². The number of amides is 1. The molecule has 102 valence electrons. The smallest absolute Gasteiger partial charge is 0.267 e. The molecule has 0 unspecified atom stereocenters. The molecule has 20 heavy (non-hydrogen) atoms. The molecule has 0 radical (unpaired) electrons. The molecule has 2 N–H and O–H groups in total. The van der Waals surface area contributed by atoms with Crippen LogP contribution in [0, 0.1) is 0 Å². The Balaban J connectivity index is 1.88. The quantitative estimate of drug-likeness (QED) is 0.290. The van der Waals surface area contributed by atoms with E-state index in [1.807, 2.05) is 18.2 Å². The third-order valence-electron chi connectivity index (χ3n) is 2.67. The van der Waals surface area contributed by atoms with Gasteiger partial charge in [0, 0.05) is 16.7 Å². The maximum Gasteiger partial charge on any atom is 0.267 e. The molecule has 0 saturated carbocycles. The van der Waals surface area contributed by atoms with Crippen molar-refractivity contribution in [2.75, 3.05) is 5.75 Å². The summed E-state index contributed by atoms with van der Waals surface area (Å²) in [6.07, 6.45) is 6.59. The molecule has 0 fully saturated rings. The van der Waals surface area contributed by atoms with Crippen LogP contribution in [0.25, 0.3) is 10.8 Å². The van der Waals surface area contributed by atoms with Crippen LogP contribution in [0.2, 0.25) is 0 Å². The summed E-state index contributed by atoms with van der Waals surface area (Å²) in [6, 6.07) is 14.7. The van der Waals surface area contributed by atoms with Crippen LogP contribution in [-0.4, -0.2) is 16.9 Å². The van der Waals surface area contributed by atoms with Gasteiger partial charge < -0.3 is 0 Å². The molecule has 3 nitrogen and oxygen atoms in total. The molecule has 0 aliphatic rings. The highest BCUT2D eigenvalue weighted by atomic mass is 32.2. The summed E-state index contributed by atoms with van der Waals surface area (Å²) in [6.45, 7) is 0. The summed E-state index contributed by atoms with van der Waals surface area (Å²) in [5.41, 5.74) is 1.53. The standard InChI is InChI=1S/C16H15NO2S/c18-16(17-19)8-2-1-5-11-20-15-10-9-13-6-3-4-7-14(13)12-15/h1-10,12,19H,11H2,(H,17,18). The molecule has 0 bridgehead atoms. The lowest BCUT2D eigenvalue weighted by atomic mass is 10.1. The van der Waals surface area contributed by atoms with E-state index < -0.39 is 5.91 Å². The summed E-state index contributed by atoms with van der Waals surface area (Å²) in [7, 11) is 0. The average Bonchev–Trinajstić information content (AvgIpc) is 2.50. The summed E-state index contributed by atoms with van der Waals surface area (Å²) >= 11 is 1.73. The fourth-order valence-electron chi connectivity index (χ4n) is 1.72. The van der Waals surface area contributed by atoms with E-state index in [0.717, 1.165) is 5.75 Å². The van der Waals surface area contributed by atoms with E-state index in [2.05, 4.69) is 30.3 Å². The highest BCUT2D eigenvalue weighted by Crippen LogP contribution is 2.23. The molecule has 0 heterocycles. The van der Waals surface area contributed by atoms with Crippen molar-refractivity contribution in [3.63, 3.8) is 0 Å². The van der Waals surface area contributed by atoms with Gasteiger partial charge in [-0.15, -0.1) is 11.8 Å². The van der Waals surface area contributed by atoms with Gasteiger partial charge in [-0.1, -0.05) is 48.6 Å². The summed E-state index contributed by atoms with van der Waals surface area (Å²) in [5.74, 6) is 0.292. The lowest BCUT2D eigenvalue weighted by molar-refractivity contribution is -0.124. The number of rotatable bonds is 5. The van der Waals surface area contributed by atoms with Crippen LogP contribution >= 0.6 is 11.8 Å². The van der Waals surface area contributed by atoms with Gasteiger partial charge in [0.15, 0.2) is 0 Å². The predicted molar refractivity (Wildman–Crippen MR) is 82.9 cm³/mol. The van der Waals surface area contributed by atoms with E-state index >= 15 is 0 Å². The first-order valence-corrected chi connectivity index (χ1v) is 7.17. The molecular weight excluding hydrogens is 270 g/mol. The number of thioether (sulfide) groups is 1. The number of benzene rings is 2. The van der Waals surface area contributed by atoms with Crippen LogP contribution in [0.5, 0.6) is 0 Å². The molecule has 0 atom stereocenters. The van der Waals surface area contributed by atoms with Crippen molar-refractivity contribution in [1.82, 2.24) is 5.48 Å². The van der Waals surface area contributed by atoms with E-state index in [9.17, 15) is 4.79 Å². The highest BCUT2D eigenvalue weighted by molar-refractivity contribution is 7.99. The number of allylic oxidation sites excluding steroid dienone is 2. The largest absolute Gasteiger partial charge is 0.288 e. The minimum absolute atomic E-state index is 0.531. The Hall–Kier alpha value is -2.04. The second-order valence-corrected chi connectivity index (χ2v) is 5.18. The molecule has 2 rings (SSSR count). The zero-order valence-electron chi connectivity index (χ0n) is 10.8. The maximum atomic E-state index is 10.7. The van der Waals surface area contributed by atoms with Crippen LogP contribution in [0.15, 0.2) is 71.7 Å². The lowest BCUT2D eigenvalue weighted by Crippen LogP contribution is -2.14. The van der Waals surface area contributed by atoms with Crippen LogP contribution < -0.4 is 5.48 Å².